The molecule has 0 radical (unpaired) electrons. The zero-order chi connectivity index (χ0) is 9.68. The number of ether oxygens (including phenoxy) is 2. The predicted octanol–water partition coefficient (Wildman–Crippen LogP) is -0.319. The molecule has 0 aromatic rings. The molecule has 2 atom stereocenters. The lowest BCUT2D eigenvalue weighted by Gasteiger charge is -2.34. The lowest BCUT2D eigenvalue weighted by atomic mass is 10.1. The minimum atomic E-state index is 0.116. The van der Waals surface area contributed by atoms with Crippen LogP contribution in [-0.2, 0) is 9.47 Å². The van der Waals surface area contributed by atoms with E-state index in [1.807, 2.05) is 6.92 Å². The maximum absolute atomic E-state index is 5.78. The van der Waals surface area contributed by atoms with Gasteiger partial charge in [0.1, 0.15) is 0 Å². The van der Waals surface area contributed by atoms with E-state index >= 15 is 0 Å². The van der Waals surface area contributed by atoms with Gasteiger partial charge in [-0.15, -0.1) is 0 Å². The van der Waals surface area contributed by atoms with Crippen LogP contribution in [0.3, 0.4) is 0 Å². The number of methoxy groups -OCH3 is 1. The Bertz CT molecular complexity index is 142. The topological polar surface area (TPSA) is 47.7 Å². The summed E-state index contributed by atoms with van der Waals surface area (Å²) in [6, 6.07) is 0.116. The van der Waals surface area contributed by atoms with E-state index in [-0.39, 0.29) is 12.1 Å². The van der Waals surface area contributed by atoms with Gasteiger partial charge in [-0.3, -0.25) is 4.90 Å². The third-order valence-electron chi connectivity index (χ3n) is 2.38. The van der Waals surface area contributed by atoms with E-state index in [9.17, 15) is 0 Å². The number of hydrogen-bond acceptors (Lipinski definition) is 4. The van der Waals surface area contributed by atoms with Crippen molar-refractivity contribution >= 4 is 0 Å². The molecule has 78 valence electrons. The number of morpholine rings is 1. The van der Waals surface area contributed by atoms with E-state index in [0.717, 1.165) is 32.8 Å². The molecule has 2 N–H and O–H groups in total. The van der Waals surface area contributed by atoms with E-state index in [2.05, 4.69) is 4.90 Å². The fourth-order valence-corrected chi connectivity index (χ4v) is 1.47. The molecule has 4 heteroatoms. The van der Waals surface area contributed by atoms with Gasteiger partial charge in [0.15, 0.2) is 0 Å². The average Bonchev–Trinajstić information content (AvgIpc) is 2.15. The normalized spacial score (nSPS) is 27.5. The highest BCUT2D eigenvalue weighted by Crippen LogP contribution is 2.06. The average molecular weight is 188 g/mol. The summed E-state index contributed by atoms with van der Waals surface area (Å²) in [7, 11) is 1.73. The van der Waals surface area contributed by atoms with Gasteiger partial charge in [0.25, 0.3) is 0 Å². The number of rotatable bonds is 4. The molecule has 1 rings (SSSR count). The van der Waals surface area contributed by atoms with Gasteiger partial charge in [-0.1, -0.05) is 0 Å². The molecule has 13 heavy (non-hydrogen) atoms. The first kappa shape index (κ1) is 10.9. The largest absolute Gasteiger partial charge is 0.383 e. The molecule has 0 bridgehead atoms. The van der Waals surface area contributed by atoms with Crippen LogP contribution in [0.1, 0.15) is 6.92 Å². The predicted molar refractivity (Wildman–Crippen MR) is 51.7 cm³/mol. The van der Waals surface area contributed by atoms with Gasteiger partial charge in [-0.2, -0.15) is 0 Å². The Balaban J connectivity index is 2.25. The summed E-state index contributed by atoms with van der Waals surface area (Å²) in [5, 5.41) is 0. The molecule has 0 saturated carbocycles. The highest BCUT2D eigenvalue weighted by Gasteiger charge is 2.22. The molecule has 0 aromatic heterocycles. The van der Waals surface area contributed by atoms with Crippen molar-refractivity contribution < 1.29 is 9.47 Å². The molecule has 1 saturated heterocycles. The zero-order valence-electron chi connectivity index (χ0n) is 8.53. The molecular weight excluding hydrogens is 168 g/mol. The van der Waals surface area contributed by atoms with Crippen molar-refractivity contribution in [3.05, 3.63) is 0 Å². The summed E-state index contributed by atoms with van der Waals surface area (Å²) >= 11 is 0. The van der Waals surface area contributed by atoms with Gasteiger partial charge >= 0.3 is 0 Å². The zero-order valence-corrected chi connectivity index (χ0v) is 8.53. The van der Waals surface area contributed by atoms with E-state index in [1.54, 1.807) is 7.11 Å². The third-order valence-corrected chi connectivity index (χ3v) is 2.38. The van der Waals surface area contributed by atoms with Crippen LogP contribution in [0.2, 0.25) is 0 Å². The van der Waals surface area contributed by atoms with Crippen LogP contribution in [0.5, 0.6) is 0 Å². The molecule has 0 amide bonds. The second-order valence-corrected chi connectivity index (χ2v) is 3.56. The Morgan fingerprint density at radius 2 is 2.46 bits per heavy atom. The van der Waals surface area contributed by atoms with Gasteiger partial charge in [-0.25, -0.2) is 0 Å². The monoisotopic (exact) mass is 188 g/mol. The molecule has 4 nitrogen and oxygen atoms in total. The van der Waals surface area contributed by atoms with Crippen LogP contribution in [0.4, 0.5) is 0 Å². The molecule has 0 aromatic carbocycles. The molecule has 1 aliphatic rings. The Labute approximate surface area is 80.0 Å². The second kappa shape index (κ2) is 5.54. The Hall–Kier alpha value is -0.160. The van der Waals surface area contributed by atoms with Gasteiger partial charge < -0.3 is 15.2 Å². The highest BCUT2D eigenvalue weighted by molar-refractivity contribution is 4.77. The Kier molecular flexibility index (Phi) is 4.66. The summed E-state index contributed by atoms with van der Waals surface area (Å²) < 4.78 is 10.6. The van der Waals surface area contributed by atoms with Crippen molar-refractivity contribution in [2.45, 2.75) is 19.1 Å². The van der Waals surface area contributed by atoms with Crippen LogP contribution in [0.25, 0.3) is 0 Å². The molecule has 1 heterocycles. The summed E-state index contributed by atoms with van der Waals surface area (Å²) in [4.78, 5) is 2.33. The molecular formula is C9H20N2O2. The van der Waals surface area contributed by atoms with Crippen LogP contribution in [-0.4, -0.2) is 57.0 Å². The van der Waals surface area contributed by atoms with Crippen LogP contribution >= 0.6 is 0 Å². The van der Waals surface area contributed by atoms with Gasteiger partial charge in [0.2, 0.25) is 0 Å². The summed E-state index contributed by atoms with van der Waals surface area (Å²) in [5.74, 6) is 0. The van der Waals surface area contributed by atoms with Crippen molar-refractivity contribution in [1.82, 2.24) is 4.90 Å². The number of hydrogen-bond donors (Lipinski definition) is 1. The van der Waals surface area contributed by atoms with Gasteiger partial charge in [0, 0.05) is 32.8 Å². The van der Waals surface area contributed by atoms with Crippen molar-refractivity contribution in [2.75, 3.05) is 40.0 Å². The van der Waals surface area contributed by atoms with Gasteiger partial charge in [-0.05, 0) is 6.92 Å². The maximum atomic E-state index is 5.78. The lowest BCUT2D eigenvalue weighted by molar-refractivity contribution is -0.0426. The molecule has 2 unspecified atom stereocenters. The van der Waals surface area contributed by atoms with E-state index < -0.39 is 0 Å². The number of nitrogens with zero attached hydrogens (tertiary/aromatic N) is 1. The molecule has 1 fully saturated rings. The highest BCUT2D eigenvalue weighted by atomic mass is 16.5. The quantitative estimate of drug-likeness (QED) is 0.657. The lowest BCUT2D eigenvalue weighted by Crippen LogP contribution is -2.50. The summed E-state index contributed by atoms with van der Waals surface area (Å²) in [6.07, 6.45) is 0.186. The van der Waals surface area contributed by atoms with E-state index in [4.69, 9.17) is 15.2 Å². The van der Waals surface area contributed by atoms with Crippen LogP contribution < -0.4 is 5.73 Å². The first-order chi connectivity index (χ1) is 6.24. The second-order valence-electron chi connectivity index (χ2n) is 3.56. The standard InChI is InChI=1S/C9H20N2O2/c1-8(10)9-7-11(3-5-12-2)4-6-13-9/h8-9H,3-7,10H2,1-2H3. The molecule has 1 aliphatic heterocycles. The smallest absolute Gasteiger partial charge is 0.0850 e. The van der Waals surface area contributed by atoms with Crippen molar-refractivity contribution in [3.8, 4) is 0 Å². The number of nitrogens with two attached hydrogens (primary N) is 1. The van der Waals surface area contributed by atoms with Crippen molar-refractivity contribution in [3.63, 3.8) is 0 Å². The summed E-state index contributed by atoms with van der Waals surface area (Å²) in [6.45, 7) is 6.46. The molecule has 0 spiro atoms. The Morgan fingerprint density at radius 1 is 1.69 bits per heavy atom. The maximum Gasteiger partial charge on any atom is 0.0850 e. The minimum absolute atomic E-state index is 0.116. The summed E-state index contributed by atoms with van der Waals surface area (Å²) in [5.41, 5.74) is 5.78. The van der Waals surface area contributed by atoms with Crippen molar-refractivity contribution in [1.29, 1.82) is 0 Å². The first-order valence-electron chi connectivity index (χ1n) is 4.82. The Morgan fingerprint density at radius 3 is 3.08 bits per heavy atom. The van der Waals surface area contributed by atoms with Crippen LogP contribution in [0.15, 0.2) is 0 Å². The fourth-order valence-electron chi connectivity index (χ4n) is 1.47. The minimum Gasteiger partial charge on any atom is -0.383 e. The third kappa shape index (κ3) is 3.60. The van der Waals surface area contributed by atoms with Crippen molar-refractivity contribution in [2.24, 2.45) is 5.73 Å². The van der Waals surface area contributed by atoms with Gasteiger partial charge in [0.05, 0.1) is 19.3 Å². The fraction of sp³-hybridized carbons (Fsp3) is 1.00. The SMILES string of the molecule is COCCN1CCOC(C(C)N)C1. The van der Waals surface area contributed by atoms with E-state index in [1.165, 1.54) is 0 Å². The first-order valence-corrected chi connectivity index (χ1v) is 4.82. The molecule has 0 aliphatic carbocycles. The van der Waals surface area contributed by atoms with Crippen LogP contribution in [0, 0.1) is 0 Å². The van der Waals surface area contributed by atoms with E-state index in [0.29, 0.717) is 0 Å².